The lowest BCUT2D eigenvalue weighted by Gasteiger charge is -2.09. The van der Waals surface area contributed by atoms with Gasteiger partial charge in [0.2, 0.25) is 0 Å². The summed E-state index contributed by atoms with van der Waals surface area (Å²) in [5, 5.41) is 27.0. The molecule has 0 amide bonds. The fraction of sp³-hybridized carbons (Fsp3) is 0.280. The van der Waals surface area contributed by atoms with Crippen LogP contribution in [0.4, 0.5) is 0 Å². The minimum absolute atomic E-state index is 0.0222. The normalized spacial score (nSPS) is 11.2. The second kappa shape index (κ2) is 13.3. The summed E-state index contributed by atoms with van der Waals surface area (Å²) in [5.41, 5.74) is 1.71. The van der Waals surface area contributed by atoms with E-state index in [4.69, 9.17) is 15.3 Å². The summed E-state index contributed by atoms with van der Waals surface area (Å²) in [7, 11) is 1.36. The molecule has 3 N–H and O–H groups in total. The predicted octanol–water partition coefficient (Wildman–Crippen LogP) is 4.04. The number of ether oxygens (including phenoxy) is 1. The second-order valence-electron chi connectivity index (χ2n) is 6.46. The summed E-state index contributed by atoms with van der Waals surface area (Å²) in [4.78, 5) is 21.8. The van der Waals surface area contributed by atoms with Crippen LogP contribution in [0, 0.1) is 23.7 Å². The summed E-state index contributed by atoms with van der Waals surface area (Å²) in [5.74, 6) is 9.99. The molecule has 31 heavy (non-hydrogen) atoms. The third-order valence-corrected chi connectivity index (χ3v) is 4.21. The SMILES string of the molecule is CC#C[C@@H](CC(=O)O)c1ccc(O)cc1.CC#C[C@@H](CC(=O)OC)c1ccc(O)cc1. The number of hydrogen-bond donors (Lipinski definition) is 3. The monoisotopic (exact) mass is 422 g/mol. The molecule has 0 fully saturated rings. The average molecular weight is 422 g/mol. The van der Waals surface area contributed by atoms with Crippen molar-refractivity contribution in [3.8, 4) is 35.2 Å². The third-order valence-electron chi connectivity index (χ3n) is 4.21. The van der Waals surface area contributed by atoms with E-state index in [1.165, 1.54) is 19.2 Å². The summed E-state index contributed by atoms with van der Waals surface area (Å²) < 4.78 is 4.62. The molecule has 0 aliphatic heterocycles. The Morgan fingerprint density at radius 2 is 1.19 bits per heavy atom. The van der Waals surface area contributed by atoms with Gasteiger partial charge in [0, 0.05) is 0 Å². The molecule has 2 aromatic rings. The number of esters is 1. The number of rotatable bonds is 6. The number of carboxylic acid groups (broad SMARTS) is 1. The lowest BCUT2D eigenvalue weighted by molar-refractivity contribution is -0.141. The van der Waals surface area contributed by atoms with E-state index in [0.717, 1.165) is 11.1 Å². The van der Waals surface area contributed by atoms with Gasteiger partial charge in [-0.15, -0.1) is 11.8 Å². The van der Waals surface area contributed by atoms with Gasteiger partial charge in [0.05, 0.1) is 31.8 Å². The molecule has 0 saturated carbocycles. The van der Waals surface area contributed by atoms with Crippen molar-refractivity contribution in [1.82, 2.24) is 0 Å². The Bertz CT molecular complexity index is 969. The number of aromatic hydroxyl groups is 2. The average Bonchev–Trinajstić information content (AvgIpc) is 2.74. The van der Waals surface area contributed by atoms with Gasteiger partial charge in [-0.05, 0) is 49.2 Å². The standard InChI is InChI=1S/C13H14O3.C12H12O3/c1-3-4-11(9-13(15)16-2)10-5-7-12(14)8-6-10;1-2-3-10(8-12(14)15)9-4-6-11(13)7-5-9/h5-8,11,14H,9H2,1-2H3;4-7,10,13H,8H2,1H3,(H,14,15)/t11-;10-/m00/s1. The van der Waals surface area contributed by atoms with Gasteiger partial charge in [-0.1, -0.05) is 36.1 Å². The number of phenolic OH excluding ortho intramolecular Hbond substituents is 2. The van der Waals surface area contributed by atoms with Crippen molar-refractivity contribution in [1.29, 1.82) is 0 Å². The fourth-order valence-electron chi connectivity index (χ4n) is 2.69. The Morgan fingerprint density at radius 3 is 1.52 bits per heavy atom. The van der Waals surface area contributed by atoms with Gasteiger partial charge in [-0.3, -0.25) is 9.59 Å². The Labute approximate surface area is 182 Å². The smallest absolute Gasteiger partial charge is 0.307 e. The zero-order chi connectivity index (χ0) is 23.2. The molecule has 2 aromatic carbocycles. The first-order valence-corrected chi connectivity index (χ1v) is 9.51. The Balaban J connectivity index is 0.000000311. The maximum Gasteiger partial charge on any atom is 0.307 e. The Kier molecular flexibility index (Phi) is 10.8. The van der Waals surface area contributed by atoms with Gasteiger partial charge in [-0.2, -0.15) is 0 Å². The van der Waals surface area contributed by atoms with Gasteiger partial charge in [0.25, 0.3) is 0 Å². The van der Waals surface area contributed by atoms with Crippen LogP contribution in [0.2, 0.25) is 0 Å². The van der Waals surface area contributed by atoms with E-state index in [-0.39, 0.29) is 42.1 Å². The van der Waals surface area contributed by atoms with E-state index >= 15 is 0 Å². The molecular weight excluding hydrogens is 396 g/mol. The van der Waals surface area contributed by atoms with E-state index in [1.54, 1.807) is 50.2 Å². The molecule has 0 radical (unpaired) electrons. The maximum absolute atomic E-state index is 11.2. The van der Waals surface area contributed by atoms with Gasteiger partial charge in [-0.25, -0.2) is 0 Å². The van der Waals surface area contributed by atoms with Crippen LogP contribution in [-0.4, -0.2) is 34.4 Å². The molecule has 0 unspecified atom stereocenters. The summed E-state index contributed by atoms with van der Waals surface area (Å²) in [6.07, 6.45) is 0.202. The Morgan fingerprint density at radius 1 is 0.806 bits per heavy atom. The van der Waals surface area contributed by atoms with E-state index in [0.29, 0.717) is 0 Å². The molecular formula is C25H26O6. The zero-order valence-electron chi connectivity index (χ0n) is 17.8. The number of carbonyl (C=O) groups excluding carboxylic acids is 1. The van der Waals surface area contributed by atoms with Crippen LogP contribution in [0.25, 0.3) is 0 Å². The lowest BCUT2D eigenvalue weighted by atomic mass is 9.96. The van der Waals surface area contributed by atoms with E-state index in [9.17, 15) is 9.59 Å². The lowest BCUT2D eigenvalue weighted by Crippen LogP contribution is -2.07. The largest absolute Gasteiger partial charge is 0.508 e. The molecule has 0 aliphatic carbocycles. The highest BCUT2D eigenvalue weighted by Gasteiger charge is 2.14. The first kappa shape index (κ1) is 25.1. The molecule has 0 bridgehead atoms. The second-order valence-corrected chi connectivity index (χ2v) is 6.46. The van der Waals surface area contributed by atoms with Crippen LogP contribution in [0.5, 0.6) is 11.5 Å². The molecule has 0 spiro atoms. The number of carbonyl (C=O) groups is 2. The van der Waals surface area contributed by atoms with Crippen molar-refractivity contribution in [2.45, 2.75) is 38.5 Å². The van der Waals surface area contributed by atoms with Gasteiger partial charge in [0.1, 0.15) is 11.5 Å². The molecule has 0 heterocycles. The summed E-state index contributed by atoms with van der Waals surface area (Å²) in [6.45, 7) is 3.40. The van der Waals surface area contributed by atoms with Crippen LogP contribution in [0.1, 0.15) is 49.7 Å². The minimum atomic E-state index is -0.879. The van der Waals surface area contributed by atoms with Gasteiger partial charge >= 0.3 is 11.9 Å². The van der Waals surface area contributed by atoms with Crippen molar-refractivity contribution in [3.63, 3.8) is 0 Å². The van der Waals surface area contributed by atoms with E-state index < -0.39 is 5.97 Å². The highest BCUT2D eigenvalue weighted by molar-refractivity contribution is 5.71. The van der Waals surface area contributed by atoms with Crippen molar-refractivity contribution in [3.05, 3.63) is 59.7 Å². The van der Waals surface area contributed by atoms with Crippen LogP contribution in [-0.2, 0) is 14.3 Å². The Hall–Kier alpha value is -3.90. The van der Waals surface area contributed by atoms with Crippen molar-refractivity contribution < 1.29 is 29.6 Å². The summed E-state index contributed by atoms with van der Waals surface area (Å²) >= 11 is 0. The van der Waals surface area contributed by atoms with Crippen LogP contribution >= 0.6 is 0 Å². The number of benzene rings is 2. The highest BCUT2D eigenvalue weighted by Crippen LogP contribution is 2.22. The van der Waals surface area contributed by atoms with Crippen molar-refractivity contribution >= 4 is 11.9 Å². The van der Waals surface area contributed by atoms with Crippen LogP contribution in [0.15, 0.2) is 48.5 Å². The number of methoxy groups -OCH3 is 1. The highest BCUT2D eigenvalue weighted by atomic mass is 16.5. The van der Waals surface area contributed by atoms with Crippen LogP contribution in [0.3, 0.4) is 0 Å². The number of hydrogen-bond acceptors (Lipinski definition) is 5. The van der Waals surface area contributed by atoms with Gasteiger partial charge in [0.15, 0.2) is 0 Å². The topological polar surface area (TPSA) is 104 Å². The number of carboxylic acids is 1. The number of phenols is 2. The van der Waals surface area contributed by atoms with Crippen molar-refractivity contribution in [2.75, 3.05) is 7.11 Å². The number of aliphatic carboxylic acids is 1. The first-order valence-electron chi connectivity index (χ1n) is 9.51. The first-order chi connectivity index (χ1) is 14.8. The van der Waals surface area contributed by atoms with Gasteiger partial charge < -0.3 is 20.1 Å². The quantitative estimate of drug-likeness (QED) is 0.480. The van der Waals surface area contributed by atoms with E-state index in [1.807, 2.05) is 0 Å². The summed E-state index contributed by atoms with van der Waals surface area (Å²) in [6, 6.07) is 13.1. The predicted molar refractivity (Wildman–Crippen MR) is 117 cm³/mol. The van der Waals surface area contributed by atoms with Crippen molar-refractivity contribution in [2.24, 2.45) is 0 Å². The van der Waals surface area contributed by atoms with Crippen LogP contribution < -0.4 is 0 Å². The zero-order valence-corrected chi connectivity index (χ0v) is 17.8. The molecule has 6 nitrogen and oxygen atoms in total. The molecule has 2 atom stereocenters. The molecule has 0 aromatic heterocycles. The molecule has 0 saturated heterocycles. The fourth-order valence-corrected chi connectivity index (χ4v) is 2.69. The molecule has 2 rings (SSSR count). The maximum atomic E-state index is 11.2. The molecule has 162 valence electrons. The molecule has 0 aliphatic rings. The molecule has 6 heteroatoms. The minimum Gasteiger partial charge on any atom is -0.508 e. The third kappa shape index (κ3) is 9.43. The van der Waals surface area contributed by atoms with E-state index in [2.05, 4.69) is 28.4 Å².